The molecule has 6 N–H and O–H groups in total. The van der Waals surface area contributed by atoms with Crippen LogP contribution in [-0.4, -0.2) is 27.1 Å². The number of carbonyl (C=O) groups excluding carboxylic acids is 1. The average Bonchev–Trinajstić information content (AvgIpc) is 2.20. The van der Waals surface area contributed by atoms with E-state index in [2.05, 4.69) is 4.98 Å². The summed E-state index contributed by atoms with van der Waals surface area (Å²) in [5.41, 5.74) is -0.440. The van der Waals surface area contributed by atoms with Crippen LogP contribution >= 0.6 is 0 Å². The number of H-pyrrole nitrogens is 1. The summed E-state index contributed by atoms with van der Waals surface area (Å²) in [6.07, 6.45) is 0. The number of carboxylic acids is 1. The van der Waals surface area contributed by atoms with E-state index in [0.717, 1.165) is 0 Å². The number of rotatable bonds is 2. The molecule has 8 nitrogen and oxygen atoms in total. The molecule has 0 bridgehead atoms. The van der Waals surface area contributed by atoms with Crippen LogP contribution in [0.25, 0.3) is 0 Å². The molecule has 15 heavy (non-hydrogen) atoms. The van der Waals surface area contributed by atoms with Gasteiger partial charge in [0, 0.05) is 6.07 Å². The highest BCUT2D eigenvalue weighted by molar-refractivity contribution is 5.96. The molecule has 0 atom stereocenters. The summed E-state index contributed by atoms with van der Waals surface area (Å²) in [4.78, 5) is 34.6. The fourth-order valence-electron chi connectivity index (χ4n) is 0.904. The van der Waals surface area contributed by atoms with E-state index in [1.54, 1.807) is 5.43 Å². The number of hydrazine groups is 1. The normalized spacial score (nSPS) is 9.67. The number of aromatic amines is 1. The van der Waals surface area contributed by atoms with Gasteiger partial charge in [-0.2, -0.15) is 0 Å². The number of nitrogens with one attached hydrogen (secondary N) is 2. The fraction of sp³-hybridized carbons (Fsp3) is 0. The van der Waals surface area contributed by atoms with Crippen LogP contribution in [0.5, 0.6) is 5.75 Å². The van der Waals surface area contributed by atoms with Crippen LogP contribution < -0.4 is 16.7 Å². The van der Waals surface area contributed by atoms with Gasteiger partial charge >= 0.3 is 5.97 Å². The second-order valence-corrected chi connectivity index (χ2v) is 2.55. The lowest BCUT2D eigenvalue weighted by atomic mass is 10.2. The highest BCUT2D eigenvalue weighted by Gasteiger charge is 2.17. The van der Waals surface area contributed by atoms with Crippen LogP contribution in [0.3, 0.4) is 0 Å². The van der Waals surface area contributed by atoms with Crippen molar-refractivity contribution < 1.29 is 19.8 Å². The number of aromatic nitrogens is 1. The van der Waals surface area contributed by atoms with Gasteiger partial charge in [-0.1, -0.05) is 0 Å². The zero-order chi connectivity index (χ0) is 11.6. The predicted octanol–water partition coefficient (Wildman–Crippen LogP) is -1.62. The van der Waals surface area contributed by atoms with Crippen molar-refractivity contribution in [2.24, 2.45) is 5.84 Å². The van der Waals surface area contributed by atoms with Crippen LogP contribution in [0.4, 0.5) is 0 Å². The van der Waals surface area contributed by atoms with E-state index in [0.29, 0.717) is 6.07 Å². The maximum absolute atomic E-state index is 11.0. The molecule has 1 aromatic heterocycles. The molecule has 0 aliphatic rings. The first-order valence-electron chi connectivity index (χ1n) is 3.68. The molecule has 0 saturated heterocycles. The zero-order valence-corrected chi connectivity index (χ0v) is 7.27. The molecule has 0 aromatic carbocycles. The first-order chi connectivity index (χ1) is 6.97. The molecular weight excluding hydrogens is 206 g/mol. The largest absolute Gasteiger partial charge is 0.503 e. The number of aromatic hydroxyl groups is 1. The molecule has 8 heteroatoms. The third-order valence-corrected chi connectivity index (χ3v) is 1.59. The Morgan fingerprint density at radius 3 is 2.53 bits per heavy atom. The lowest BCUT2D eigenvalue weighted by Crippen LogP contribution is -2.32. The Kier molecular flexibility index (Phi) is 2.72. The first kappa shape index (κ1) is 10.7. The molecule has 1 rings (SSSR count). The number of pyridine rings is 1. The van der Waals surface area contributed by atoms with Gasteiger partial charge in [-0.3, -0.25) is 15.0 Å². The summed E-state index contributed by atoms with van der Waals surface area (Å²) in [5, 5.41) is 17.7. The number of hydrogen-bond donors (Lipinski definition) is 5. The van der Waals surface area contributed by atoms with E-state index < -0.39 is 34.4 Å². The van der Waals surface area contributed by atoms with Crippen molar-refractivity contribution in [1.29, 1.82) is 0 Å². The van der Waals surface area contributed by atoms with Gasteiger partial charge in [-0.15, -0.1) is 0 Å². The van der Waals surface area contributed by atoms with Crippen molar-refractivity contribution in [3.63, 3.8) is 0 Å². The van der Waals surface area contributed by atoms with Gasteiger partial charge in [0.1, 0.15) is 5.69 Å². The maximum Gasteiger partial charge on any atom is 0.352 e. The monoisotopic (exact) mass is 213 g/mol. The van der Waals surface area contributed by atoms with E-state index in [1.165, 1.54) is 0 Å². The average molecular weight is 213 g/mol. The van der Waals surface area contributed by atoms with Crippen LogP contribution in [0.15, 0.2) is 10.9 Å². The number of nitrogens with two attached hydrogens (primary N) is 1. The van der Waals surface area contributed by atoms with Crippen LogP contribution in [0, 0.1) is 0 Å². The van der Waals surface area contributed by atoms with Gasteiger partial charge in [0.25, 0.3) is 5.91 Å². The summed E-state index contributed by atoms with van der Waals surface area (Å²) in [6.45, 7) is 0. The summed E-state index contributed by atoms with van der Waals surface area (Å²) in [5.74, 6) is 1.46. The Morgan fingerprint density at radius 2 is 2.07 bits per heavy atom. The van der Waals surface area contributed by atoms with Gasteiger partial charge in [0.2, 0.25) is 5.43 Å². The smallest absolute Gasteiger partial charge is 0.352 e. The highest BCUT2D eigenvalue weighted by Crippen LogP contribution is 2.08. The molecule has 0 aliphatic carbocycles. The molecule has 1 aromatic rings. The molecule has 1 amide bonds. The van der Waals surface area contributed by atoms with Gasteiger partial charge in [-0.25, -0.2) is 10.6 Å². The van der Waals surface area contributed by atoms with Crippen molar-refractivity contribution in [3.05, 3.63) is 27.7 Å². The van der Waals surface area contributed by atoms with Crippen LogP contribution in [0.1, 0.15) is 21.0 Å². The van der Waals surface area contributed by atoms with Crippen molar-refractivity contribution in [1.82, 2.24) is 10.4 Å². The van der Waals surface area contributed by atoms with Crippen molar-refractivity contribution in [2.75, 3.05) is 0 Å². The Morgan fingerprint density at radius 1 is 1.47 bits per heavy atom. The molecule has 0 unspecified atom stereocenters. The molecule has 0 saturated carbocycles. The zero-order valence-electron chi connectivity index (χ0n) is 7.27. The number of amides is 1. The molecule has 0 fully saturated rings. The van der Waals surface area contributed by atoms with E-state index in [4.69, 9.17) is 16.1 Å². The first-order valence-corrected chi connectivity index (χ1v) is 3.68. The minimum absolute atomic E-state index is 0.517. The van der Waals surface area contributed by atoms with E-state index >= 15 is 0 Å². The van der Waals surface area contributed by atoms with E-state index in [9.17, 15) is 14.4 Å². The van der Waals surface area contributed by atoms with Crippen molar-refractivity contribution in [3.8, 4) is 5.75 Å². The number of aromatic carboxylic acids is 1. The third kappa shape index (κ3) is 1.94. The van der Waals surface area contributed by atoms with Gasteiger partial charge < -0.3 is 15.2 Å². The quantitative estimate of drug-likeness (QED) is 0.227. The Hall–Kier alpha value is -2.35. The van der Waals surface area contributed by atoms with E-state index in [1.807, 2.05) is 0 Å². The predicted molar refractivity (Wildman–Crippen MR) is 47.3 cm³/mol. The number of nitrogen functional groups attached to an aromatic ring is 1. The maximum atomic E-state index is 11.0. The molecule has 0 aliphatic heterocycles. The summed E-state index contributed by atoms with van der Waals surface area (Å²) in [7, 11) is 0. The summed E-state index contributed by atoms with van der Waals surface area (Å²) in [6, 6.07) is 0.658. The lowest BCUT2D eigenvalue weighted by Gasteiger charge is -2.03. The minimum Gasteiger partial charge on any atom is -0.503 e. The Balaban J connectivity index is 3.44. The highest BCUT2D eigenvalue weighted by atomic mass is 16.4. The second-order valence-electron chi connectivity index (χ2n) is 2.55. The number of carboxylic acid groups (broad SMARTS) is 1. The SMILES string of the molecule is NNC(=O)c1[nH]c(C(=O)O)cc(=O)c1O. The summed E-state index contributed by atoms with van der Waals surface area (Å²) >= 11 is 0. The lowest BCUT2D eigenvalue weighted by molar-refractivity contribution is 0.0690. The second kappa shape index (κ2) is 3.80. The van der Waals surface area contributed by atoms with Crippen LogP contribution in [0.2, 0.25) is 0 Å². The molecular formula is C7H7N3O5. The number of carbonyl (C=O) groups is 2. The minimum atomic E-state index is -1.43. The molecule has 80 valence electrons. The standard InChI is InChI=1S/C7H7N3O5/c8-10-6(13)4-5(12)3(11)1-2(9-4)7(14)15/h1,12H,8H2,(H,9,11)(H,10,13)(H,14,15). The molecule has 1 heterocycles. The van der Waals surface area contributed by atoms with Crippen molar-refractivity contribution >= 4 is 11.9 Å². The number of hydrogen-bond acceptors (Lipinski definition) is 5. The Bertz CT molecular complexity index is 478. The molecule has 0 spiro atoms. The van der Waals surface area contributed by atoms with Gasteiger partial charge in [-0.05, 0) is 0 Å². The third-order valence-electron chi connectivity index (χ3n) is 1.59. The summed E-state index contributed by atoms with van der Waals surface area (Å²) < 4.78 is 0. The van der Waals surface area contributed by atoms with Crippen LogP contribution in [-0.2, 0) is 0 Å². The topological polar surface area (TPSA) is 146 Å². The Labute approximate surface area is 82.3 Å². The van der Waals surface area contributed by atoms with Gasteiger partial charge in [0.15, 0.2) is 11.4 Å². The fourth-order valence-corrected chi connectivity index (χ4v) is 0.904. The van der Waals surface area contributed by atoms with Gasteiger partial charge in [0.05, 0.1) is 0 Å². The van der Waals surface area contributed by atoms with Crippen molar-refractivity contribution in [2.45, 2.75) is 0 Å². The molecule has 0 radical (unpaired) electrons. The van der Waals surface area contributed by atoms with E-state index in [-0.39, 0.29) is 0 Å².